The van der Waals surface area contributed by atoms with Gasteiger partial charge in [0.2, 0.25) is 0 Å². The van der Waals surface area contributed by atoms with Gasteiger partial charge < -0.3 is 10.2 Å². The smallest absolute Gasteiger partial charge is 0.253 e. The van der Waals surface area contributed by atoms with E-state index in [9.17, 15) is 9.59 Å². The van der Waals surface area contributed by atoms with Crippen LogP contribution in [0.15, 0.2) is 53.0 Å². The van der Waals surface area contributed by atoms with Gasteiger partial charge in [0.05, 0.1) is 0 Å². The molecule has 0 saturated carbocycles. The third kappa shape index (κ3) is 4.61. The molecule has 0 bridgehead atoms. The average molecular weight is 422 g/mol. The lowest BCUT2D eigenvalue weighted by atomic mass is 10.0. The van der Waals surface area contributed by atoms with E-state index in [2.05, 4.69) is 21.2 Å². The molecular weight excluding hydrogens is 404 g/mol. The van der Waals surface area contributed by atoms with Crippen molar-refractivity contribution in [2.24, 2.45) is 0 Å². The van der Waals surface area contributed by atoms with Gasteiger partial charge in [-0.2, -0.15) is 0 Å². The van der Waals surface area contributed by atoms with Gasteiger partial charge in [-0.15, -0.1) is 0 Å². The van der Waals surface area contributed by atoms with Crippen LogP contribution in [-0.4, -0.2) is 35.8 Å². The van der Waals surface area contributed by atoms with Gasteiger partial charge in [0.1, 0.15) is 0 Å². The Morgan fingerprint density at radius 2 is 1.72 bits per heavy atom. The largest absolute Gasteiger partial charge is 0.349 e. The topological polar surface area (TPSA) is 49.4 Å². The SMILES string of the molecule is O=C(NC1CCN(C(=O)c2cccc(Cl)c2)CC1)c1cccc(Br)c1. The molecule has 4 nitrogen and oxygen atoms in total. The number of carbonyl (C=O) groups excluding carboxylic acids is 2. The van der Waals surface area contributed by atoms with Crippen LogP contribution in [0.1, 0.15) is 33.6 Å². The van der Waals surface area contributed by atoms with E-state index < -0.39 is 0 Å². The lowest BCUT2D eigenvalue weighted by molar-refractivity contribution is 0.0698. The maximum Gasteiger partial charge on any atom is 0.253 e. The molecule has 0 spiro atoms. The molecule has 0 aliphatic carbocycles. The van der Waals surface area contributed by atoms with Crippen LogP contribution < -0.4 is 5.32 Å². The number of halogens is 2. The van der Waals surface area contributed by atoms with Gasteiger partial charge in [0, 0.05) is 39.8 Å². The fraction of sp³-hybridized carbons (Fsp3) is 0.263. The first-order chi connectivity index (χ1) is 12.0. The van der Waals surface area contributed by atoms with E-state index in [1.54, 1.807) is 36.4 Å². The number of likely N-dealkylation sites (tertiary alicyclic amines) is 1. The van der Waals surface area contributed by atoms with E-state index in [4.69, 9.17) is 11.6 Å². The predicted octanol–water partition coefficient (Wildman–Crippen LogP) is 4.14. The minimum Gasteiger partial charge on any atom is -0.349 e. The molecule has 0 unspecified atom stereocenters. The molecule has 2 aromatic rings. The summed E-state index contributed by atoms with van der Waals surface area (Å²) in [6.45, 7) is 1.24. The maximum absolute atomic E-state index is 12.5. The van der Waals surface area contributed by atoms with Crippen LogP contribution in [0.2, 0.25) is 5.02 Å². The van der Waals surface area contributed by atoms with Crippen molar-refractivity contribution in [3.05, 3.63) is 69.2 Å². The van der Waals surface area contributed by atoms with Crippen molar-refractivity contribution in [2.45, 2.75) is 18.9 Å². The minimum atomic E-state index is -0.0825. The second-order valence-electron chi connectivity index (χ2n) is 6.06. The van der Waals surface area contributed by atoms with E-state index >= 15 is 0 Å². The van der Waals surface area contributed by atoms with Crippen molar-refractivity contribution in [3.8, 4) is 0 Å². The van der Waals surface area contributed by atoms with E-state index in [1.165, 1.54) is 0 Å². The Hall–Kier alpha value is -1.85. The highest BCUT2D eigenvalue weighted by atomic mass is 79.9. The second kappa shape index (κ2) is 8.02. The summed E-state index contributed by atoms with van der Waals surface area (Å²) in [7, 11) is 0. The molecule has 0 aromatic heterocycles. The first-order valence-electron chi connectivity index (χ1n) is 8.14. The van der Waals surface area contributed by atoms with Gasteiger partial charge in [0.15, 0.2) is 0 Å². The average Bonchev–Trinajstić information content (AvgIpc) is 2.62. The molecule has 0 radical (unpaired) electrons. The van der Waals surface area contributed by atoms with E-state index in [0.717, 1.165) is 17.3 Å². The van der Waals surface area contributed by atoms with Crippen molar-refractivity contribution in [3.63, 3.8) is 0 Å². The lowest BCUT2D eigenvalue weighted by Gasteiger charge is -2.32. The van der Waals surface area contributed by atoms with Crippen LogP contribution in [0.25, 0.3) is 0 Å². The minimum absolute atomic E-state index is 0.0146. The zero-order valence-corrected chi connectivity index (χ0v) is 15.9. The number of amides is 2. The van der Waals surface area contributed by atoms with Crippen molar-refractivity contribution >= 4 is 39.3 Å². The monoisotopic (exact) mass is 420 g/mol. The summed E-state index contributed by atoms with van der Waals surface area (Å²) >= 11 is 9.33. The Morgan fingerprint density at radius 1 is 1.04 bits per heavy atom. The highest BCUT2D eigenvalue weighted by molar-refractivity contribution is 9.10. The number of carbonyl (C=O) groups is 2. The number of nitrogens with zero attached hydrogens (tertiary/aromatic N) is 1. The van der Waals surface area contributed by atoms with Crippen LogP contribution in [0.4, 0.5) is 0 Å². The van der Waals surface area contributed by atoms with Crippen molar-refractivity contribution in [1.82, 2.24) is 10.2 Å². The Kier molecular flexibility index (Phi) is 5.76. The Balaban J connectivity index is 1.55. The highest BCUT2D eigenvalue weighted by Gasteiger charge is 2.25. The zero-order valence-electron chi connectivity index (χ0n) is 13.5. The number of hydrogen-bond acceptors (Lipinski definition) is 2. The number of nitrogens with one attached hydrogen (secondary N) is 1. The molecule has 0 atom stereocenters. The maximum atomic E-state index is 12.5. The molecule has 1 aliphatic heterocycles. The van der Waals surface area contributed by atoms with Crippen LogP contribution in [0, 0.1) is 0 Å². The fourth-order valence-electron chi connectivity index (χ4n) is 2.93. The normalized spacial score (nSPS) is 15.0. The number of piperidine rings is 1. The summed E-state index contributed by atoms with van der Waals surface area (Å²) in [5, 5.41) is 3.61. The van der Waals surface area contributed by atoms with Crippen molar-refractivity contribution < 1.29 is 9.59 Å². The van der Waals surface area contributed by atoms with Gasteiger partial charge in [-0.3, -0.25) is 9.59 Å². The van der Waals surface area contributed by atoms with Gasteiger partial charge in [-0.05, 0) is 49.2 Å². The van der Waals surface area contributed by atoms with Crippen molar-refractivity contribution in [1.29, 1.82) is 0 Å². The second-order valence-corrected chi connectivity index (χ2v) is 7.41. The molecule has 1 N–H and O–H groups in total. The van der Waals surface area contributed by atoms with Crippen LogP contribution in [0.3, 0.4) is 0 Å². The lowest BCUT2D eigenvalue weighted by Crippen LogP contribution is -2.46. The summed E-state index contributed by atoms with van der Waals surface area (Å²) < 4.78 is 0.877. The van der Waals surface area contributed by atoms with Gasteiger partial charge >= 0.3 is 0 Å². The molecule has 6 heteroatoms. The van der Waals surface area contributed by atoms with Gasteiger partial charge in [-0.1, -0.05) is 39.7 Å². The third-order valence-electron chi connectivity index (χ3n) is 4.28. The summed E-state index contributed by atoms with van der Waals surface area (Å²) in [5.41, 5.74) is 1.23. The molecule has 1 heterocycles. The predicted molar refractivity (Wildman–Crippen MR) is 102 cm³/mol. The third-order valence-corrected chi connectivity index (χ3v) is 5.00. The molecule has 1 saturated heterocycles. The van der Waals surface area contributed by atoms with Crippen LogP contribution in [0.5, 0.6) is 0 Å². The number of benzene rings is 2. The van der Waals surface area contributed by atoms with E-state index in [0.29, 0.717) is 29.2 Å². The number of rotatable bonds is 3. The molecular formula is C19H18BrClN2O2. The van der Waals surface area contributed by atoms with Crippen molar-refractivity contribution in [2.75, 3.05) is 13.1 Å². The first kappa shape index (κ1) is 18.0. The molecule has 130 valence electrons. The number of hydrogen-bond donors (Lipinski definition) is 1. The first-order valence-corrected chi connectivity index (χ1v) is 9.31. The van der Waals surface area contributed by atoms with Crippen LogP contribution in [-0.2, 0) is 0 Å². The molecule has 1 aliphatic rings. The molecule has 2 amide bonds. The standard InChI is InChI=1S/C19H18BrClN2O2/c20-15-5-1-3-13(11-15)18(24)22-17-7-9-23(10-8-17)19(25)14-4-2-6-16(21)12-14/h1-6,11-12,17H,7-10H2,(H,22,24). The van der Waals surface area contributed by atoms with Crippen LogP contribution >= 0.6 is 27.5 Å². The summed E-state index contributed by atoms with van der Waals surface area (Å²) in [6.07, 6.45) is 1.48. The summed E-state index contributed by atoms with van der Waals surface area (Å²) in [5.74, 6) is -0.0971. The Labute approximate surface area is 160 Å². The van der Waals surface area contributed by atoms with Gasteiger partial charge in [0.25, 0.3) is 11.8 Å². The molecule has 25 heavy (non-hydrogen) atoms. The highest BCUT2D eigenvalue weighted by Crippen LogP contribution is 2.18. The Bertz CT molecular complexity index is 788. The van der Waals surface area contributed by atoms with Gasteiger partial charge in [-0.25, -0.2) is 0 Å². The summed E-state index contributed by atoms with van der Waals surface area (Å²) in [4.78, 5) is 26.6. The molecule has 2 aromatic carbocycles. The summed E-state index contributed by atoms with van der Waals surface area (Å²) in [6, 6.07) is 14.4. The van der Waals surface area contributed by atoms with E-state index in [1.807, 2.05) is 17.0 Å². The molecule has 1 fully saturated rings. The quantitative estimate of drug-likeness (QED) is 0.810. The zero-order chi connectivity index (χ0) is 17.8. The Morgan fingerprint density at radius 3 is 2.40 bits per heavy atom. The fourth-order valence-corrected chi connectivity index (χ4v) is 3.52. The van der Waals surface area contributed by atoms with E-state index in [-0.39, 0.29) is 17.9 Å². The molecule has 3 rings (SSSR count).